The number of aromatic nitrogens is 1. The lowest BCUT2D eigenvalue weighted by molar-refractivity contribution is 0.144. The first-order valence-electron chi connectivity index (χ1n) is 7.74. The van der Waals surface area contributed by atoms with E-state index in [1.165, 1.54) is 0 Å². The summed E-state index contributed by atoms with van der Waals surface area (Å²) in [5.41, 5.74) is 0.619. The monoisotopic (exact) mass is 347 g/mol. The van der Waals surface area contributed by atoms with E-state index in [4.69, 9.17) is 21.1 Å². The van der Waals surface area contributed by atoms with Crippen LogP contribution in [0.15, 0.2) is 42.6 Å². The molecule has 3 rings (SSSR count). The van der Waals surface area contributed by atoms with E-state index in [2.05, 4.69) is 10.3 Å². The SMILES string of the molecule is O=C(Nc1ccc(Oc2ccc(Cl)cc2)nc1)N1CCCOCC1. The number of benzene rings is 1. The minimum Gasteiger partial charge on any atom is -0.439 e. The van der Waals surface area contributed by atoms with Crippen molar-refractivity contribution >= 4 is 23.3 Å². The van der Waals surface area contributed by atoms with Gasteiger partial charge in [-0.05, 0) is 36.8 Å². The van der Waals surface area contributed by atoms with Gasteiger partial charge in [-0.25, -0.2) is 9.78 Å². The van der Waals surface area contributed by atoms with Gasteiger partial charge in [-0.3, -0.25) is 0 Å². The number of carbonyl (C=O) groups is 1. The van der Waals surface area contributed by atoms with Gasteiger partial charge in [0, 0.05) is 30.8 Å². The van der Waals surface area contributed by atoms with Crippen molar-refractivity contribution in [3.8, 4) is 11.6 Å². The normalized spacial score (nSPS) is 14.8. The van der Waals surface area contributed by atoms with Gasteiger partial charge < -0.3 is 19.7 Å². The second-order valence-electron chi connectivity index (χ2n) is 5.32. The van der Waals surface area contributed by atoms with Crippen molar-refractivity contribution in [1.29, 1.82) is 0 Å². The fourth-order valence-corrected chi connectivity index (χ4v) is 2.42. The molecule has 1 fully saturated rings. The van der Waals surface area contributed by atoms with Crippen molar-refractivity contribution < 1.29 is 14.3 Å². The maximum absolute atomic E-state index is 12.2. The molecule has 0 radical (unpaired) electrons. The van der Waals surface area contributed by atoms with E-state index in [-0.39, 0.29) is 6.03 Å². The number of anilines is 1. The van der Waals surface area contributed by atoms with Crippen LogP contribution in [0.2, 0.25) is 5.02 Å². The molecule has 1 N–H and O–H groups in total. The van der Waals surface area contributed by atoms with Crippen LogP contribution in [0.3, 0.4) is 0 Å². The average molecular weight is 348 g/mol. The van der Waals surface area contributed by atoms with Gasteiger partial charge in [0.25, 0.3) is 0 Å². The number of hydrogen-bond donors (Lipinski definition) is 1. The third-order valence-corrected chi connectivity index (χ3v) is 3.79. The highest BCUT2D eigenvalue weighted by Gasteiger charge is 2.15. The third-order valence-electron chi connectivity index (χ3n) is 3.53. The van der Waals surface area contributed by atoms with Crippen molar-refractivity contribution in [2.75, 3.05) is 31.6 Å². The zero-order chi connectivity index (χ0) is 16.8. The Balaban J connectivity index is 1.57. The molecule has 1 aliphatic rings. The lowest BCUT2D eigenvalue weighted by atomic mass is 10.3. The zero-order valence-corrected chi connectivity index (χ0v) is 13.8. The summed E-state index contributed by atoms with van der Waals surface area (Å²) in [6.07, 6.45) is 2.41. The van der Waals surface area contributed by atoms with E-state index in [9.17, 15) is 4.79 Å². The lowest BCUT2D eigenvalue weighted by Gasteiger charge is -2.20. The van der Waals surface area contributed by atoms with E-state index in [0.717, 1.165) is 6.42 Å². The average Bonchev–Trinajstić information content (AvgIpc) is 2.88. The summed E-state index contributed by atoms with van der Waals surface area (Å²) in [5, 5.41) is 3.48. The quantitative estimate of drug-likeness (QED) is 0.917. The van der Waals surface area contributed by atoms with Crippen LogP contribution in [-0.4, -0.2) is 42.2 Å². The lowest BCUT2D eigenvalue weighted by Crippen LogP contribution is -2.36. The number of nitrogens with zero attached hydrogens (tertiary/aromatic N) is 2. The number of pyridine rings is 1. The van der Waals surface area contributed by atoms with Crippen LogP contribution < -0.4 is 10.1 Å². The molecule has 1 saturated heterocycles. The fourth-order valence-electron chi connectivity index (χ4n) is 2.29. The molecule has 0 unspecified atom stereocenters. The first-order chi connectivity index (χ1) is 11.7. The van der Waals surface area contributed by atoms with E-state index in [1.54, 1.807) is 47.5 Å². The molecule has 2 amide bonds. The van der Waals surface area contributed by atoms with Gasteiger partial charge in [0.2, 0.25) is 5.88 Å². The molecule has 6 nitrogen and oxygen atoms in total. The standard InChI is InChI=1S/C17H18ClN3O3/c18-13-2-5-15(6-3-13)24-16-7-4-14(12-19-16)20-17(22)21-8-1-10-23-11-9-21/h2-7,12H,1,8-11H2,(H,20,22). The van der Waals surface area contributed by atoms with Crippen LogP contribution in [0, 0.1) is 0 Å². The molecular formula is C17H18ClN3O3. The summed E-state index contributed by atoms with van der Waals surface area (Å²) in [7, 11) is 0. The minimum absolute atomic E-state index is 0.145. The zero-order valence-electron chi connectivity index (χ0n) is 13.1. The highest BCUT2D eigenvalue weighted by molar-refractivity contribution is 6.30. The molecule has 0 bridgehead atoms. The largest absolute Gasteiger partial charge is 0.439 e. The van der Waals surface area contributed by atoms with Gasteiger partial charge in [0.05, 0.1) is 18.5 Å². The predicted molar refractivity (Wildman–Crippen MR) is 91.8 cm³/mol. The molecule has 0 atom stereocenters. The fraction of sp³-hybridized carbons (Fsp3) is 0.294. The van der Waals surface area contributed by atoms with Crippen molar-refractivity contribution in [3.63, 3.8) is 0 Å². The van der Waals surface area contributed by atoms with Crippen LogP contribution in [0.25, 0.3) is 0 Å². The first kappa shape index (κ1) is 16.5. The van der Waals surface area contributed by atoms with E-state index < -0.39 is 0 Å². The van der Waals surface area contributed by atoms with Crippen LogP contribution in [-0.2, 0) is 4.74 Å². The van der Waals surface area contributed by atoms with E-state index in [0.29, 0.717) is 48.6 Å². The number of carbonyl (C=O) groups excluding carboxylic acids is 1. The second-order valence-corrected chi connectivity index (χ2v) is 5.76. The number of halogens is 1. The Bertz CT molecular complexity index is 668. The molecule has 126 valence electrons. The topological polar surface area (TPSA) is 63.7 Å². The maximum atomic E-state index is 12.2. The molecule has 2 heterocycles. The Kier molecular flexibility index (Phi) is 5.51. The van der Waals surface area contributed by atoms with Crippen molar-refractivity contribution in [2.45, 2.75) is 6.42 Å². The van der Waals surface area contributed by atoms with Crippen LogP contribution in [0.1, 0.15) is 6.42 Å². The van der Waals surface area contributed by atoms with Crippen molar-refractivity contribution in [1.82, 2.24) is 9.88 Å². The van der Waals surface area contributed by atoms with Crippen molar-refractivity contribution in [2.24, 2.45) is 0 Å². The molecule has 0 saturated carbocycles. The number of amides is 2. The summed E-state index contributed by atoms with van der Waals surface area (Å²) in [6, 6.07) is 10.3. The van der Waals surface area contributed by atoms with Crippen LogP contribution in [0.4, 0.5) is 10.5 Å². The van der Waals surface area contributed by atoms with Gasteiger partial charge in [-0.1, -0.05) is 11.6 Å². The molecular weight excluding hydrogens is 330 g/mol. The van der Waals surface area contributed by atoms with Crippen LogP contribution in [0.5, 0.6) is 11.6 Å². The summed E-state index contributed by atoms with van der Waals surface area (Å²) in [4.78, 5) is 18.2. The number of ether oxygens (including phenoxy) is 2. The summed E-state index contributed by atoms with van der Waals surface area (Å²) in [6.45, 7) is 2.55. The highest BCUT2D eigenvalue weighted by Crippen LogP contribution is 2.22. The predicted octanol–water partition coefficient (Wildman–Crippen LogP) is 3.78. The Morgan fingerprint density at radius 1 is 1.17 bits per heavy atom. The van der Waals surface area contributed by atoms with Crippen molar-refractivity contribution in [3.05, 3.63) is 47.6 Å². The molecule has 0 aliphatic carbocycles. The third kappa shape index (κ3) is 4.59. The molecule has 1 aromatic carbocycles. The molecule has 0 spiro atoms. The Hall–Kier alpha value is -2.31. The van der Waals surface area contributed by atoms with Gasteiger partial charge in [0.15, 0.2) is 0 Å². The molecule has 2 aromatic rings. The van der Waals surface area contributed by atoms with Crippen LogP contribution >= 0.6 is 11.6 Å². The Morgan fingerprint density at radius 2 is 2.00 bits per heavy atom. The summed E-state index contributed by atoms with van der Waals surface area (Å²) in [5.74, 6) is 1.09. The van der Waals surface area contributed by atoms with Gasteiger partial charge >= 0.3 is 6.03 Å². The van der Waals surface area contributed by atoms with Gasteiger partial charge in [-0.2, -0.15) is 0 Å². The number of urea groups is 1. The number of hydrogen-bond acceptors (Lipinski definition) is 4. The number of nitrogens with one attached hydrogen (secondary N) is 1. The second kappa shape index (κ2) is 7.99. The minimum atomic E-state index is -0.145. The smallest absolute Gasteiger partial charge is 0.321 e. The maximum Gasteiger partial charge on any atom is 0.321 e. The Labute approximate surface area is 145 Å². The molecule has 1 aliphatic heterocycles. The summed E-state index contributed by atoms with van der Waals surface area (Å²) >= 11 is 5.83. The van der Waals surface area contributed by atoms with E-state index >= 15 is 0 Å². The van der Waals surface area contributed by atoms with Gasteiger partial charge in [0.1, 0.15) is 5.75 Å². The van der Waals surface area contributed by atoms with Gasteiger partial charge in [-0.15, -0.1) is 0 Å². The Morgan fingerprint density at radius 3 is 2.75 bits per heavy atom. The number of rotatable bonds is 3. The highest BCUT2D eigenvalue weighted by atomic mass is 35.5. The molecule has 24 heavy (non-hydrogen) atoms. The molecule has 1 aromatic heterocycles. The van der Waals surface area contributed by atoms with E-state index in [1.807, 2.05) is 0 Å². The summed E-state index contributed by atoms with van der Waals surface area (Å²) < 4.78 is 11.0. The molecule has 7 heteroatoms. The first-order valence-corrected chi connectivity index (χ1v) is 8.12.